The number of nitrogens with one attached hydrogen (secondary N) is 1. The molecule has 1 N–H and O–H groups in total. The molecular formula is C19H25N3O3. The Morgan fingerprint density at radius 2 is 2.16 bits per heavy atom. The Kier molecular flexibility index (Phi) is 4.13. The van der Waals surface area contributed by atoms with Crippen LogP contribution in [0.4, 0.5) is 0 Å². The third-order valence-electron chi connectivity index (χ3n) is 5.69. The predicted molar refractivity (Wildman–Crippen MR) is 91.8 cm³/mol. The molecule has 0 radical (unpaired) electrons. The quantitative estimate of drug-likeness (QED) is 0.884. The summed E-state index contributed by atoms with van der Waals surface area (Å²) in [5.41, 5.74) is 0.196. The molecule has 1 aromatic heterocycles. The maximum absolute atomic E-state index is 12.6. The molecule has 1 saturated heterocycles. The fourth-order valence-corrected chi connectivity index (χ4v) is 4.11. The third kappa shape index (κ3) is 3.48. The van der Waals surface area contributed by atoms with Gasteiger partial charge in [-0.25, -0.2) is 4.98 Å². The molecule has 6 nitrogen and oxygen atoms in total. The Hall–Kier alpha value is -2.11. The predicted octanol–water partition coefficient (Wildman–Crippen LogP) is 1.76. The van der Waals surface area contributed by atoms with Gasteiger partial charge >= 0.3 is 0 Å². The highest BCUT2D eigenvalue weighted by molar-refractivity contribution is 5.82. The van der Waals surface area contributed by atoms with Crippen molar-refractivity contribution >= 4 is 11.8 Å². The second kappa shape index (κ2) is 6.32. The molecule has 1 aromatic rings. The van der Waals surface area contributed by atoms with Gasteiger partial charge < -0.3 is 15.0 Å². The number of hydrogen-bond donors (Lipinski definition) is 1. The minimum absolute atomic E-state index is 0.0213. The Morgan fingerprint density at radius 3 is 2.84 bits per heavy atom. The number of carbonyl (C=O) groups excluding carboxylic acids is 2. The summed E-state index contributed by atoms with van der Waals surface area (Å²) in [6.07, 6.45) is 6.21. The summed E-state index contributed by atoms with van der Waals surface area (Å²) >= 11 is 0. The van der Waals surface area contributed by atoms with Gasteiger partial charge in [-0.15, -0.1) is 0 Å². The lowest BCUT2D eigenvalue weighted by atomic mass is 9.65. The third-order valence-corrected chi connectivity index (χ3v) is 5.69. The maximum atomic E-state index is 12.6. The first-order valence-corrected chi connectivity index (χ1v) is 9.22. The standard InChI is InChI=1S/C19H25N3O3/c1-13(25-16-4-2-3-8-20-16)18(24)22-9-7-19(12-22)10-15(11-19)21-17(23)14-5-6-14/h2-4,8,13-15H,5-7,9-12H2,1H3,(H,21,23). The molecule has 25 heavy (non-hydrogen) atoms. The Labute approximate surface area is 147 Å². The van der Waals surface area contributed by atoms with Gasteiger partial charge in [0.1, 0.15) is 0 Å². The van der Waals surface area contributed by atoms with Crippen LogP contribution >= 0.6 is 0 Å². The molecule has 2 saturated carbocycles. The lowest BCUT2D eigenvalue weighted by molar-refractivity contribution is -0.138. The zero-order valence-electron chi connectivity index (χ0n) is 14.6. The van der Waals surface area contributed by atoms with Gasteiger partial charge in [0.05, 0.1) is 0 Å². The maximum Gasteiger partial charge on any atom is 0.263 e. The highest BCUT2D eigenvalue weighted by Gasteiger charge is 2.50. The molecule has 3 aliphatic rings. The highest BCUT2D eigenvalue weighted by atomic mass is 16.5. The molecule has 3 fully saturated rings. The molecule has 4 rings (SSSR count). The first-order chi connectivity index (χ1) is 12.0. The fourth-order valence-electron chi connectivity index (χ4n) is 4.11. The van der Waals surface area contributed by atoms with Gasteiger partial charge in [-0.05, 0) is 50.5 Å². The van der Waals surface area contributed by atoms with Crippen LogP contribution in [-0.4, -0.2) is 46.9 Å². The number of amides is 2. The van der Waals surface area contributed by atoms with E-state index in [2.05, 4.69) is 10.3 Å². The van der Waals surface area contributed by atoms with Crippen molar-refractivity contribution in [3.8, 4) is 5.88 Å². The molecule has 0 bridgehead atoms. The van der Waals surface area contributed by atoms with Crippen LogP contribution in [0.3, 0.4) is 0 Å². The molecule has 134 valence electrons. The minimum Gasteiger partial charge on any atom is -0.465 e. The summed E-state index contributed by atoms with van der Waals surface area (Å²) in [5, 5.41) is 3.15. The van der Waals surface area contributed by atoms with Crippen LogP contribution in [0.1, 0.15) is 39.0 Å². The van der Waals surface area contributed by atoms with E-state index in [-0.39, 0.29) is 23.1 Å². The SMILES string of the molecule is CC(Oc1ccccn1)C(=O)N1CCC2(CC(NC(=O)C3CC3)C2)C1. The molecule has 0 aromatic carbocycles. The number of likely N-dealkylation sites (tertiary alicyclic amines) is 1. The van der Waals surface area contributed by atoms with Crippen molar-refractivity contribution in [2.45, 2.75) is 51.2 Å². The normalized spacial score (nSPS) is 29.2. The molecule has 2 aliphatic carbocycles. The van der Waals surface area contributed by atoms with Gasteiger partial charge in [-0.3, -0.25) is 9.59 Å². The van der Waals surface area contributed by atoms with Gasteiger partial charge in [0.2, 0.25) is 11.8 Å². The largest absolute Gasteiger partial charge is 0.465 e. The number of carbonyl (C=O) groups is 2. The number of rotatable bonds is 5. The molecule has 1 aliphatic heterocycles. The Bertz CT molecular complexity index is 653. The lowest BCUT2D eigenvalue weighted by Crippen LogP contribution is -2.52. The fraction of sp³-hybridized carbons (Fsp3) is 0.632. The van der Waals surface area contributed by atoms with E-state index in [0.717, 1.165) is 45.2 Å². The number of aromatic nitrogens is 1. The van der Waals surface area contributed by atoms with Crippen LogP contribution in [-0.2, 0) is 9.59 Å². The van der Waals surface area contributed by atoms with Crippen molar-refractivity contribution in [2.24, 2.45) is 11.3 Å². The number of pyridine rings is 1. The van der Waals surface area contributed by atoms with E-state index in [1.54, 1.807) is 19.2 Å². The van der Waals surface area contributed by atoms with Gasteiger partial charge in [0.25, 0.3) is 5.91 Å². The Balaban J connectivity index is 1.26. The van der Waals surface area contributed by atoms with Crippen LogP contribution in [0.5, 0.6) is 5.88 Å². The molecule has 1 atom stereocenters. The van der Waals surface area contributed by atoms with Gasteiger partial charge in [-0.2, -0.15) is 0 Å². The average molecular weight is 343 g/mol. The highest BCUT2D eigenvalue weighted by Crippen LogP contribution is 2.48. The first kappa shape index (κ1) is 16.4. The monoisotopic (exact) mass is 343 g/mol. The molecule has 2 heterocycles. The van der Waals surface area contributed by atoms with E-state index in [0.29, 0.717) is 11.9 Å². The lowest BCUT2D eigenvalue weighted by Gasteiger charge is -2.45. The summed E-state index contributed by atoms with van der Waals surface area (Å²) in [6.45, 7) is 3.33. The summed E-state index contributed by atoms with van der Waals surface area (Å²) in [5.74, 6) is 0.989. The van der Waals surface area contributed by atoms with E-state index in [9.17, 15) is 9.59 Å². The molecular weight excluding hydrogens is 318 g/mol. The van der Waals surface area contributed by atoms with E-state index < -0.39 is 6.10 Å². The minimum atomic E-state index is -0.532. The summed E-state index contributed by atoms with van der Waals surface area (Å²) in [7, 11) is 0. The van der Waals surface area contributed by atoms with Crippen molar-refractivity contribution < 1.29 is 14.3 Å². The molecule has 1 unspecified atom stereocenters. The van der Waals surface area contributed by atoms with Crippen molar-refractivity contribution in [3.63, 3.8) is 0 Å². The van der Waals surface area contributed by atoms with Gasteiger partial charge in [0, 0.05) is 37.3 Å². The van der Waals surface area contributed by atoms with Crippen molar-refractivity contribution in [1.82, 2.24) is 15.2 Å². The van der Waals surface area contributed by atoms with E-state index in [1.165, 1.54) is 0 Å². The van der Waals surface area contributed by atoms with Crippen LogP contribution in [0, 0.1) is 11.3 Å². The van der Waals surface area contributed by atoms with Crippen molar-refractivity contribution in [3.05, 3.63) is 24.4 Å². The van der Waals surface area contributed by atoms with Crippen LogP contribution in [0.25, 0.3) is 0 Å². The topological polar surface area (TPSA) is 71.5 Å². The summed E-state index contributed by atoms with van der Waals surface area (Å²) in [6, 6.07) is 5.71. The summed E-state index contributed by atoms with van der Waals surface area (Å²) in [4.78, 5) is 30.5. The van der Waals surface area contributed by atoms with Crippen molar-refractivity contribution in [1.29, 1.82) is 0 Å². The number of ether oxygens (including phenoxy) is 1. The van der Waals surface area contributed by atoms with Gasteiger partial charge in [-0.1, -0.05) is 6.07 Å². The average Bonchev–Trinajstić information content (AvgIpc) is 3.34. The zero-order valence-corrected chi connectivity index (χ0v) is 14.6. The van der Waals surface area contributed by atoms with E-state index in [4.69, 9.17) is 4.74 Å². The van der Waals surface area contributed by atoms with E-state index in [1.807, 2.05) is 17.0 Å². The number of nitrogens with zero attached hydrogens (tertiary/aromatic N) is 2. The second-order valence-corrected chi connectivity index (χ2v) is 7.83. The van der Waals surface area contributed by atoms with E-state index >= 15 is 0 Å². The summed E-state index contributed by atoms with van der Waals surface area (Å²) < 4.78 is 5.66. The molecule has 6 heteroatoms. The molecule has 2 amide bonds. The van der Waals surface area contributed by atoms with Crippen LogP contribution in [0.2, 0.25) is 0 Å². The van der Waals surface area contributed by atoms with Crippen molar-refractivity contribution in [2.75, 3.05) is 13.1 Å². The molecule has 1 spiro atoms. The van der Waals surface area contributed by atoms with Crippen LogP contribution in [0.15, 0.2) is 24.4 Å². The zero-order chi connectivity index (χ0) is 17.4. The smallest absolute Gasteiger partial charge is 0.263 e. The van der Waals surface area contributed by atoms with Crippen LogP contribution < -0.4 is 10.1 Å². The second-order valence-electron chi connectivity index (χ2n) is 7.83. The first-order valence-electron chi connectivity index (χ1n) is 9.22. The number of hydrogen-bond acceptors (Lipinski definition) is 4. The van der Waals surface area contributed by atoms with Gasteiger partial charge in [0.15, 0.2) is 6.10 Å². The Morgan fingerprint density at radius 1 is 1.36 bits per heavy atom.